The van der Waals surface area contributed by atoms with Gasteiger partial charge in [0.25, 0.3) is 0 Å². The molecule has 0 aliphatic carbocycles. The van der Waals surface area contributed by atoms with E-state index in [4.69, 9.17) is 4.74 Å². The molecule has 0 bridgehead atoms. The van der Waals surface area contributed by atoms with Crippen molar-refractivity contribution >= 4 is 0 Å². The highest BCUT2D eigenvalue weighted by atomic mass is 16.5. The van der Waals surface area contributed by atoms with E-state index in [0.717, 1.165) is 19.8 Å². The first-order chi connectivity index (χ1) is 7.27. The summed E-state index contributed by atoms with van der Waals surface area (Å²) in [4.78, 5) is 5.11. The normalized spacial score (nSPS) is 24.6. The van der Waals surface area contributed by atoms with E-state index in [1.807, 2.05) is 0 Å². The molecule has 0 N–H and O–H groups in total. The van der Waals surface area contributed by atoms with Crippen LogP contribution in [0.3, 0.4) is 0 Å². The van der Waals surface area contributed by atoms with Gasteiger partial charge < -0.3 is 9.64 Å². The number of ether oxygens (including phenoxy) is 1. The Balaban J connectivity index is 2.20. The van der Waals surface area contributed by atoms with Crippen molar-refractivity contribution in [3.8, 4) is 0 Å². The summed E-state index contributed by atoms with van der Waals surface area (Å²) in [6.45, 7) is 14.4. The first-order valence-electron chi connectivity index (χ1n) is 6.32. The summed E-state index contributed by atoms with van der Waals surface area (Å²) >= 11 is 0. The van der Waals surface area contributed by atoms with Crippen LogP contribution in [0.5, 0.6) is 0 Å². The second kappa shape index (κ2) is 7.20. The Morgan fingerprint density at radius 1 is 1.20 bits per heavy atom. The molecule has 0 unspecified atom stereocenters. The van der Waals surface area contributed by atoms with Crippen LogP contribution >= 0.6 is 0 Å². The quantitative estimate of drug-likeness (QED) is 0.622. The maximum absolute atomic E-state index is 5.40. The van der Waals surface area contributed by atoms with Crippen LogP contribution in [0.15, 0.2) is 0 Å². The highest BCUT2D eigenvalue weighted by Gasteiger charge is 2.22. The van der Waals surface area contributed by atoms with Crippen LogP contribution in [-0.4, -0.2) is 61.8 Å². The predicted octanol–water partition coefficient (Wildman–Crippen LogP) is 1.44. The summed E-state index contributed by atoms with van der Waals surface area (Å²) in [6, 6.07) is 0.686. The highest BCUT2D eigenvalue weighted by molar-refractivity contribution is 4.78. The van der Waals surface area contributed by atoms with Gasteiger partial charge in [0.05, 0.1) is 6.61 Å². The Morgan fingerprint density at radius 2 is 2.00 bits per heavy atom. The first kappa shape index (κ1) is 12.9. The fourth-order valence-electron chi connectivity index (χ4n) is 2.25. The van der Waals surface area contributed by atoms with Crippen LogP contribution in [0, 0.1) is 0 Å². The summed E-state index contributed by atoms with van der Waals surface area (Å²) in [5.74, 6) is 0. The fraction of sp³-hybridized carbons (Fsp3) is 1.00. The number of hydrogen-bond acceptors (Lipinski definition) is 3. The molecule has 0 aromatic rings. The Morgan fingerprint density at radius 3 is 2.60 bits per heavy atom. The molecule has 1 heterocycles. The zero-order chi connectivity index (χ0) is 11.1. The lowest BCUT2D eigenvalue weighted by Gasteiger charge is -2.39. The number of rotatable bonds is 6. The average Bonchev–Trinajstić information content (AvgIpc) is 2.22. The topological polar surface area (TPSA) is 15.7 Å². The van der Waals surface area contributed by atoms with Crippen LogP contribution in [0.25, 0.3) is 0 Å². The molecule has 0 amide bonds. The predicted molar refractivity (Wildman–Crippen MR) is 64.3 cm³/mol. The first-order valence-corrected chi connectivity index (χ1v) is 6.32. The minimum Gasteiger partial charge on any atom is -0.380 e. The molecule has 3 heteroatoms. The molecule has 1 fully saturated rings. The second-order valence-electron chi connectivity index (χ2n) is 4.38. The van der Waals surface area contributed by atoms with Gasteiger partial charge in [0.1, 0.15) is 0 Å². The Kier molecular flexibility index (Phi) is 6.22. The maximum atomic E-state index is 5.40. The molecule has 15 heavy (non-hydrogen) atoms. The maximum Gasteiger partial charge on any atom is 0.0593 e. The van der Waals surface area contributed by atoms with E-state index in [0.29, 0.717) is 6.04 Å². The van der Waals surface area contributed by atoms with E-state index in [2.05, 4.69) is 30.6 Å². The molecule has 0 saturated carbocycles. The van der Waals surface area contributed by atoms with Crippen molar-refractivity contribution in [1.82, 2.24) is 9.80 Å². The van der Waals surface area contributed by atoms with E-state index in [9.17, 15) is 0 Å². The zero-order valence-corrected chi connectivity index (χ0v) is 10.5. The molecule has 1 rings (SSSR count). The van der Waals surface area contributed by atoms with Gasteiger partial charge in [-0.25, -0.2) is 0 Å². The van der Waals surface area contributed by atoms with Gasteiger partial charge in [-0.15, -0.1) is 0 Å². The summed E-state index contributed by atoms with van der Waals surface area (Å²) < 4.78 is 5.40. The van der Waals surface area contributed by atoms with Gasteiger partial charge in [0.15, 0.2) is 0 Å². The van der Waals surface area contributed by atoms with E-state index < -0.39 is 0 Å². The molecule has 1 atom stereocenters. The minimum atomic E-state index is 0.686. The van der Waals surface area contributed by atoms with Gasteiger partial charge in [0, 0.05) is 38.8 Å². The number of piperazine rings is 1. The van der Waals surface area contributed by atoms with Crippen molar-refractivity contribution in [3.63, 3.8) is 0 Å². The summed E-state index contributed by atoms with van der Waals surface area (Å²) in [7, 11) is 0. The van der Waals surface area contributed by atoms with Crippen LogP contribution in [-0.2, 0) is 4.74 Å². The molecular weight excluding hydrogens is 188 g/mol. The van der Waals surface area contributed by atoms with Crippen molar-refractivity contribution < 1.29 is 4.74 Å². The van der Waals surface area contributed by atoms with Gasteiger partial charge in [-0.05, 0) is 26.8 Å². The number of hydrogen-bond donors (Lipinski definition) is 0. The monoisotopic (exact) mass is 214 g/mol. The lowest BCUT2D eigenvalue weighted by atomic mass is 10.2. The Hall–Kier alpha value is -0.120. The lowest BCUT2D eigenvalue weighted by molar-refractivity contribution is 0.0495. The summed E-state index contributed by atoms with van der Waals surface area (Å²) in [6.07, 6.45) is 1.27. The van der Waals surface area contributed by atoms with Gasteiger partial charge in [-0.1, -0.05) is 6.92 Å². The van der Waals surface area contributed by atoms with Gasteiger partial charge in [0.2, 0.25) is 0 Å². The second-order valence-corrected chi connectivity index (χ2v) is 4.38. The molecule has 0 radical (unpaired) electrons. The van der Waals surface area contributed by atoms with E-state index in [1.54, 1.807) is 0 Å². The van der Waals surface area contributed by atoms with E-state index >= 15 is 0 Å². The van der Waals surface area contributed by atoms with E-state index in [1.165, 1.54) is 32.6 Å². The SMILES string of the molecule is CCCN1CCN(CCOCC)[C@@H](C)C1. The van der Waals surface area contributed by atoms with Crippen LogP contribution in [0.2, 0.25) is 0 Å². The zero-order valence-electron chi connectivity index (χ0n) is 10.5. The Bertz CT molecular complexity index is 164. The third-order valence-electron chi connectivity index (χ3n) is 3.12. The van der Waals surface area contributed by atoms with Crippen LogP contribution < -0.4 is 0 Å². The van der Waals surface area contributed by atoms with Crippen LogP contribution in [0.1, 0.15) is 27.2 Å². The molecule has 3 nitrogen and oxygen atoms in total. The van der Waals surface area contributed by atoms with Crippen molar-refractivity contribution in [2.75, 3.05) is 45.9 Å². The Labute approximate surface area is 94.4 Å². The standard InChI is InChI=1S/C12H26N2O/c1-4-6-13-7-8-14(12(3)11-13)9-10-15-5-2/h12H,4-11H2,1-3H3/t12-/m0/s1. The van der Waals surface area contributed by atoms with Gasteiger partial charge in [-0.3, -0.25) is 4.90 Å². The molecular formula is C12H26N2O. The number of nitrogens with zero attached hydrogens (tertiary/aromatic N) is 2. The molecule has 1 saturated heterocycles. The van der Waals surface area contributed by atoms with Gasteiger partial charge >= 0.3 is 0 Å². The molecule has 1 aliphatic rings. The highest BCUT2D eigenvalue weighted by Crippen LogP contribution is 2.09. The van der Waals surface area contributed by atoms with Gasteiger partial charge in [-0.2, -0.15) is 0 Å². The third-order valence-corrected chi connectivity index (χ3v) is 3.12. The van der Waals surface area contributed by atoms with E-state index in [-0.39, 0.29) is 0 Å². The smallest absolute Gasteiger partial charge is 0.0593 e. The third kappa shape index (κ3) is 4.49. The molecule has 0 aromatic carbocycles. The fourth-order valence-corrected chi connectivity index (χ4v) is 2.25. The molecule has 0 spiro atoms. The molecule has 1 aliphatic heterocycles. The molecule has 90 valence electrons. The van der Waals surface area contributed by atoms with Crippen molar-refractivity contribution in [1.29, 1.82) is 0 Å². The average molecular weight is 214 g/mol. The molecule has 0 aromatic heterocycles. The van der Waals surface area contributed by atoms with Crippen molar-refractivity contribution in [2.24, 2.45) is 0 Å². The lowest BCUT2D eigenvalue weighted by Crippen LogP contribution is -2.52. The van der Waals surface area contributed by atoms with Crippen molar-refractivity contribution in [2.45, 2.75) is 33.2 Å². The summed E-state index contributed by atoms with van der Waals surface area (Å²) in [5.41, 5.74) is 0. The van der Waals surface area contributed by atoms with Crippen LogP contribution in [0.4, 0.5) is 0 Å². The minimum absolute atomic E-state index is 0.686. The summed E-state index contributed by atoms with van der Waals surface area (Å²) in [5, 5.41) is 0. The van der Waals surface area contributed by atoms with Crippen molar-refractivity contribution in [3.05, 3.63) is 0 Å². The largest absolute Gasteiger partial charge is 0.380 e.